The van der Waals surface area contributed by atoms with Crippen molar-refractivity contribution >= 4 is 5.69 Å². The number of benzene rings is 1. The van der Waals surface area contributed by atoms with Crippen molar-refractivity contribution in [1.29, 1.82) is 0 Å². The van der Waals surface area contributed by atoms with Crippen LogP contribution >= 0.6 is 0 Å². The summed E-state index contributed by atoms with van der Waals surface area (Å²) in [4.78, 5) is 0. The van der Waals surface area contributed by atoms with Gasteiger partial charge in [0.2, 0.25) is 0 Å². The van der Waals surface area contributed by atoms with Gasteiger partial charge in [-0.05, 0) is 31.4 Å². The van der Waals surface area contributed by atoms with E-state index < -0.39 is 0 Å². The molecule has 1 atom stereocenters. The molecule has 4 nitrogen and oxygen atoms in total. The Morgan fingerprint density at radius 1 is 1.42 bits per heavy atom. The van der Waals surface area contributed by atoms with E-state index in [-0.39, 0.29) is 11.4 Å². The maximum absolute atomic E-state index is 13.9. The van der Waals surface area contributed by atoms with E-state index in [4.69, 9.17) is 15.2 Å². The zero-order valence-electron chi connectivity index (χ0n) is 11.2. The van der Waals surface area contributed by atoms with E-state index in [0.717, 1.165) is 25.9 Å². The highest BCUT2D eigenvalue weighted by Crippen LogP contribution is 2.29. The first kappa shape index (κ1) is 14.1. The van der Waals surface area contributed by atoms with E-state index in [1.54, 1.807) is 19.2 Å². The number of hydrogen-bond donors (Lipinski definition) is 2. The molecule has 1 fully saturated rings. The van der Waals surface area contributed by atoms with E-state index in [1.807, 2.05) is 0 Å². The van der Waals surface area contributed by atoms with E-state index >= 15 is 0 Å². The van der Waals surface area contributed by atoms with Gasteiger partial charge in [-0.15, -0.1) is 0 Å². The number of rotatable bonds is 4. The molecule has 1 aromatic carbocycles. The van der Waals surface area contributed by atoms with Gasteiger partial charge < -0.3 is 20.5 Å². The van der Waals surface area contributed by atoms with Crippen LogP contribution in [0.1, 0.15) is 19.3 Å². The fraction of sp³-hybridized carbons (Fsp3) is 0.571. The Morgan fingerprint density at radius 2 is 2.26 bits per heavy atom. The molecule has 0 bridgehead atoms. The first-order valence-corrected chi connectivity index (χ1v) is 6.59. The molecule has 1 aliphatic heterocycles. The van der Waals surface area contributed by atoms with Crippen molar-refractivity contribution in [1.82, 2.24) is 0 Å². The number of ether oxygens (including phenoxy) is 2. The molecule has 0 aromatic heterocycles. The van der Waals surface area contributed by atoms with Gasteiger partial charge in [0.05, 0.1) is 18.3 Å². The average molecular weight is 268 g/mol. The van der Waals surface area contributed by atoms with Crippen LogP contribution in [0.4, 0.5) is 10.1 Å². The van der Waals surface area contributed by atoms with Crippen molar-refractivity contribution in [2.45, 2.75) is 24.8 Å². The van der Waals surface area contributed by atoms with E-state index in [2.05, 4.69) is 5.32 Å². The molecule has 0 saturated carbocycles. The van der Waals surface area contributed by atoms with Crippen LogP contribution in [0.2, 0.25) is 0 Å². The summed E-state index contributed by atoms with van der Waals surface area (Å²) in [5.74, 6) is 0.333. The standard InChI is InChI=1S/C14H21FN2O2/c1-18-11-3-4-12(15)13(9-11)17-14(10-16)5-2-7-19-8-6-14/h3-4,9,17H,2,5-8,10,16H2,1H3. The third-order valence-electron chi connectivity index (χ3n) is 3.63. The fourth-order valence-corrected chi connectivity index (χ4v) is 2.40. The highest BCUT2D eigenvalue weighted by Gasteiger charge is 2.30. The van der Waals surface area contributed by atoms with Gasteiger partial charge in [-0.25, -0.2) is 4.39 Å². The van der Waals surface area contributed by atoms with Gasteiger partial charge in [-0.2, -0.15) is 0 Å². The molecule has 0 aliphatic carbocycles. The van der Waals surface area contributed by atoms with Crippen molar-refractivity contribution in [3.8, 4) is 5.75 Å². The van der Waals surface area contributed by atoms with Gasteiger partial charge >= 0.3 is 0 Å². The van der Waals surface area contributed by atoms with Crippen LogP contribution in [-0.4, -0.2) is 32.4 Å². The van der Waals surface area contributed by atoms with Gasteiger partial charge in [0.25, 0.3) is 0 Å². The number of nitrogens with one attached hydrogen (secondary N) is 1. The van der Waals surface area contributed by atoms with Gasteiger partial charge in [-0.3, -0.25) is 0 Å². The Morgan fingerprint density at radius 3 is 3.00 bits per heavy atom. The second-order valence-electron chi connectivity index (χ2n) is 4.92. The van der Waals surface area contributed by atoms with Gasteiger partial charge in [0.1, 0.15) is 11.6 Å². The van der Waals surface area contributed by atoms with Crippen molar-refractivity contribution < 1.29 is 13.9 Å². The van der Waals surface area contributed by atoms with Crippen molar-refractivity contribution in [3.63, 3.8) is 0 Å². The normalized spacial score (nSPS) is 23.7. The minimum absolute atomic E-state index is 0.293. The largest absolute Gasteiger partial charge is 0.497 e. The van der Waals surface area contributed by atoms with Crippen molar-refractivity contribution in [2.75, 3.05) is 32.2 Å². The fourth-order valence-electron chi connectivity index (χ4n) is 2.40. The molecular formula is C14H21FN2O2. The van der Waals surface area contributed by atoms with Crippen LogP contribution in [0.25, 0.3) is 0 Å². The summed E-state index contributed by atoms with van der Waals surface area (Å²) in [5.41, 5.74) is 6.04. The second kappa shape index (κ2) is 6.21. The van der Waals surface area contributed by atoms with Crippen LogP contribution in [0, 0.1) is 5.82 Å². The first-order chi connectivity index (χ1) is 9.19. The zero-order valence-corrected chi connectivity index (χ0v) is 11.2. The minimum Gasteiger partial charge on any atom is -0.497 e. The van der Waals surface area contributed by atoms with Gasteiger partial charge in [0, 0.05) is 25.8 Å². The lowest BCUT2D eigenvalue weighted by Gasteiger charge is -2.33. The molecule has 106 valence electrons. The van der Waals surface area contributed by atoms with E-state index in [1.165, 1.54) is 6.07 Å². The van der Waals surface area contributed by atoms with Gasteiger partial charge in [-0.1, -0.05) is 0 Å². The monoisotopic (exact) mass is 268 g/mol. The molecule has 1 aromatic rings. The lowest BCUT2D eigenvalue weighted by atomic mass is 9.90. The lowest BCUT2D eigenvalue weighted by Crippen LogP contribution is -2.46. The smallest absolute Gasteiger partial charge is 0.146 e. The zero-order chi connectivity index (χ0) is 13.7. The molecule has 5 heteroatoms. The number of anilines is 1. The molecule has 0 spiro atoms. The summed E-state index contributed by atoms with van der Waals surface area (Å²) in [5, 5.41) is 3.27. The summed E-state index contributed by atoms with van der Waals surface area (Å²) >= 11 is 0. The molecule has 3 N–H and O–H groups in total. The Hall–Kier alpha value is -1.33. The molecular weight excluding hydrogens is 247 g/mol. The molecule has 1 aliphatic rings. The predicted octanol–water partition coefficient (Wildman–Crippen LogP) is 2.14. The third kappa shape index (κ3) is 3.36. The molecule has 19 heavy (non-hydrogen) atoms. The van der Waals surface area contributed by atoms with Gasteiger partial charge in [0.15, 0.2) is 0 Å². The quantitative estimate of drug-likeness (QED) is 0.878. The topological polar surface area (TPSA) is 56.5 Å². The van der Waals surface area contributed by atoms with Crippen LogP contribution in [0.15, 0.2) is 18.2 Å². The molecule has 1 heterocycles. The lowest BCUT2D eigenvalue weighted by molar-refractivity contribution is 0.141. The maximum Gasteiger partial charge on any atom is 0.146 e. The van der Waals surface area contributed by atoms with Crippen LogP contribution in [0.3, 0.4) is 0 Å². The second-order valence-corrected chi connectivity index (χ2v) is 4.92. The predicted molar refractivity (Wildman–Crippen MR) is 73.0 cm³/mol. The number of halogens is 1. The number of nitrogens with two attached hydrogens (primary N) is 1. The highest BCUT2D eigenvalue weighted by molar-refractivity contribution is 5.51. The molecule has 2 rings (SSSR count). The third-order valence-corrected chi connectivity index (χ3v) is 3.63. The van der Waals surface area contributed by atoms with Crippen molar-refractivity contribution in [2.24, 2.45) is 5.73 Å². The van der Waals surface area contributed by atoms with E-state index in [9.17, 15) is 4.39 Å². The number of hydrogen-bond acceptors (Lipinski definition) is 4. The van der Waals surface area contributed by atoms with Crippen LogP contribution < -0.4 is 15.8 Å². The summed E-state index contributed by atoms with van der Waals surface area (Å²) in [6, 6.07) is 4.67. The summed E-state index contributed by atoms with van der Waals surface area (Å²) in [7, 11) is 1.56. The van der Waals surface area contributed by atoms with Crippen LogP contribution in [-0.2, 0) is 4.74 Å². The Bertz CT molecular complexity index is 418. The van der Waals surface area contributed by atoms with Crippen molar-refractivity contribution in [3.05, 3.63) is 24.0 Å². The summed E-state index contributed by atoms with van der Waals surface area (Å²) in [6.45, 7) is 1.84. The Labute approximate surface area is 113 Å². The molecule has 0 amide bonds. The summed E-state index contributed by atoms with van der Waals surface area (Å²) in [6.07, 6.45) is 2.58. The SMILES string of the molecule is COc1ccc(F)c(NC2(CN)CCCOCC2)c1. The molecule has 0 radical (unpaired) electrons. The first-order valence-electron chi connectivity index (χ1n) is 6.59. The molecule has 1 unspecified atom stereocenters. The summed E-state index contributed by atoms with van der Waals surface area (Å²) < 4.78 is 24.5. The van der Waals surface area contributed by atoms with E-state index in [0.29, 0.717) is 24.6 Å². The highest BCUT2D eigenvalue weighted by atomic mass is 19.1. The maximum atomic E-state index is 13.9. The average Bonchev–Trinajstić information content (AvgIpc) is 2.67. The minimum atomic E-state index is -0.302. The van der Waals surface area contributed by atoms with Crippen LogP contribution in [0.5, 0.6) is 5.75 Å². The number of methoxy groups -OCH3 is 1. The molecule has 1 saturated heterocycles. The Balaban J connectivity index is 2.21. The Kier molecular flexibility index (Phi) is 4.61.